The first kappa shape index (κ1) is 38.4. The number of hydrogen-bond donors (Lipinski definition) is 3. The Morgan fingerprint density at radius 1 is 1.00 bits per heavy atom. The van der Waals surface area contributed by atoms with Crippen molar-refractivity contribution in [3.63, 3.8) is 0 Å². The second-order valence-corrected chi connectivity index (χ2v) is 18.7. The topological polar surface area (TPSA) is 195 Å². The molecule has 0 spiro atoms. The molecule has 2 aromatic rings. The number of nitrogens with one attached hydrogen (secondary N) is 3. The Bertz CT molecular complexity index is 2040. The number of rotatable bonds is 4. The zero-order chi connectivity index (χ0) is 39.2. The lowest BCUT2D eigenvalue weighted by Crippen LogP contribution is -2.58. The largest absolute Gasteiger partial charge is 0.497 e. The zero-order valence-electron chi connectivity index (χ0n) is 32.1. The molecule has 302 valence electrons. The van der Waals surface area contributed by atoms with Gasteiger partial charge in [0.25, 0.3) is 5.91 Å². The molecular weight excluding hydrogens is 741 g/mol. The molecule has 3 aliphatic carbocycles. The molecule has 3 saturated carbocycles. The molecule has 3 aliphatic heterocycles. The van der Waals surface area contributed by atoms with Crippen LogP contribution in [0.3, 0.4) is 0 Å². The molecule has 3 bridgehead atoms. The predicted molar refractivity (Wildman–Crippen MR) is 204 cm³/mol. The zero-order valence-corrected chi connectivity index (χ0v) is 32.9. The SMILES string of the molecule is COc1ccc2nc3c(nc2c1)O[C@@H]1C[C@H]2C(=O)N[C@@]4(C(=O)NS(=O)(=O)C5CC5)C[C@@H]4/C=C\CCCCC[C@H](NC(=O)O[C@]4(C)C[C@H]4CCCCC3)C(=O)N2C1. The van der Waals surface area contributed by atoms with Crippen LogP contribution in [-0.2, 0) is 35.6 Å². The monoisotopic (exact) mass is 792 g/mol. The Morgan fingerprint density at radius 2 is 1.80 bits per heavy atom. The third kappa shape index (κ3) is 8.03. The van der Waals surface area contributed by atoms with Crippen LogP contribution >= 0.6 is 0 Å². The van der Waals surface area contributed by atoms with E-state index in [1.807, 2.05) is 31.2 Å². The minimum atomic E-state index is -3.89. The van der Waals surface area contributed by atoms with Crippen LogP contribution in [0.4, 0.5) is 4.79 Å². The number of methoxy groups -OCH3 is 1. The van der Waals surface area contributed by atoms with Crippen molar-refractivity contribution < 1.29 is 41.8 Å². The molecular formula is C40H52N6O9S. The van der Waals surface area contributed by atoms with Crippen molar-refractivity contribution in [2.45, 2.75) is 138 Å². The molecule has 4 fully saturated rings. The van der Waals surface area contributed by atoms with Crippen LogP contribution in [-0.4, -0.2) is 95.3 Å². The van der Waals surface area contributed by atoms with Gasteiger partial charge in [-0.1, -0.05) is 37.8 Å². The fourth-order valence-corrected chi connectivity index (χ4v) is 10.0. The quantitative estimate of drug-likeness (QED) is 0.379. The Labute approximate surface area is 327 Å². The normalized spacial score (nSPS) is 33.3. The van der Waals surface area contributed by atoms with Gasteiger partial charge in [-0.3, -0.25) is 19.1 Å². The number of sulfonamides is 1. The summed E-state index contributed by atoms with van der Waals surface area (Å²) in [6.07, 6.45) is 12.0. The number of fused-ring (bicyclic) bond motifs is 6. The summed E-state index contributed by atoms with van der Waals surface area (Å²) in [5.41, 5.74) is -0.170. The standard InChI is InChI=1S/C40H52N6O9S/c1-39-21-24(39)11-8-6-10-13-30-35(42-32-19-26(53-2)15-18-29(32)41-30)54-27-20-33-34(47)44-40(37(49)45-56(51,52)28-16-17-28)22-25(40)12-7-4-3-5-9-14-31(43-38(50)55-39)36(48)46(33)23-27/h7,12,15,18-19,24-25,27-28,31,33H,3-6,8-11,13-14,16-17,20-23H2,1-2H3,(H,43,50)(H,44,47)(H,45,49)/b12-7-/t24-,25+,27-,31+,33+,39-,40+/m1/s1. The fourth-order valence-electron chi connectivity index (χ4n) is 8.65. The second kappa shape index (κ2) is 15.1. The van der Waals surface area contributed by atoms with E-state index in [1.54, 1.807) is 13.2 Å². The van der Waals surface area contributed by atoms with Crippen molar-refractivity contribution >= 4 is 44.9 Å². The minimum Gasteiger partial charge on any atom is -0.497 e. The number of alkyl carbamates (subject to hydrolysis) is 1. The van der Waals surface area contributed by atoms with Crippen molar-refractivity contribution in [1.29, 1.82) is 0 Å². The maximum atomic E-state index is 14.7. The smallest absolute Gasteiger partial charge is 0.408 e. The molecule has 1 aromatic heterocycles. The van der Waals surface area contributed by atoms with Crippen LogP contribution in [0.2, 0.25) is 0 Å². The van der Waals surface area contributed by atoms with E-state index in [2.05, 4.69) is 15.4 Å². The van der Waals surface area contributed by atoms with Crippen molar-refractivity contribution in [3.8, 4) is 11.6 Å². The first-order chi connectivity index (χ1) is 26.9. The van der Waals surface area contributed by atoms with Crippen molar-refractivity contribution in [2.75, 3.05) is 13.7 Å². The molecule has 4 heterocycles. The van der Waals surface area contributed by atoms with Crippen molar-refractivity contribution in [3.05, 3.63) is 36.0 Å². The molecule has 7 atom stereocenters. The molecule has 1 aromatic carbocycles. The summed E-state index contributed by atoms with van der Waals surface area (Å²) >= 11 is 0. The lowest BCUT2D eigenvalue weighted by atomic mass is 10.0. The molecule has 3 N–H and O–H groups in total. The summed E-state index contributed by atoms with van der Waals surface area (Å²) in [4.78, 5) is 67.6. The van der Waals surface area contributed by atoms with Crippen molar-refractivity contribution in [2.24, 2.45) is 11.8 Å². The molecule has 56 heavy (non-hydrogen) atoms. The molecule has 16 heteroatoms. The summed E-state index contributed by atoms with van der Waals surface area (Å²) in [6, 6.07) is 3.39. The molecule has 15 nitrogen and oxygen atoms in total. The van der Waals surface area contributed by atoms with Crippen LogP contribution < -0.4 is 24.8 Å². The highest BCUT2D eigenvalue weighted by molar-refractivity contribution is 7.91. The van der Waals surface area contributed by atoms with Crippen molar-refractivity contribution in [1.82, 2.24) is 30.2 Å². The summed E-state index contributed by atoms with van der Waals surface area (Å²) in [6.45, 7) is 1.93. The lowest BCUT2D eigenvalue weighted by Gasteiger charge is -2.30. The maximum Gasteiger partial charge on any atom is 0.408 e. The predicted octanol–water partition coefficient (Wildman–Crippen LogP) is 3.98. The van der Waals surface area contributed by atoms with Gasteiger partial charge in [0, 0.05) is 24.3 Å². The van der Waals surface area contributed by atoms with Gasteiger partial charge in [-0.2, -0.15) is 0 Å². The maximum absolute atomic E-state index is 14.7. The van der Waals surface area contributed by atoms with Gasteiger partial charge in [0.2, 0.25) is 27.7 Å². The van der Waals surface area contributed by atoms with Crippen LogP contribution in [0.5, 0.6) is 11.6 Å². The fraction of sp³-hybridized carbons (Fsp3) is 0.650. The van der Waals surface area contributed by atoms with Gasteiger partial charge in [0.05, 0.1) is 29.9 Å². The number of nitrogens with zero attached hydrogens (tertiary/aromatic N) is 3. The number of allylic oxidation sites excluding steroid dienone is 1. The Morgan fingerprint density at radius 3 is 2.61 bits per heavy atom. The third-order valence-electron chi connectivity index (χ3n) is 12.5. The molecule has 8 rings (SSSR count). The summed E-state index contributed by atoms with van der Waals surface area (Å²) in [5.74, 6) is -1.12. The number of amides is 4. The van der Waals surface area contributed by atoms with E-state index in [9.17, 15) is 27.6 Å². The summed E-state index contributed by atoms with van der Waals surface area (Å²) in [7, 11) is -2.31. The van der Waals surface area contributed by atoms with Gasteiger partial charge in [0.15, 0.2) is 0 Å². The number of carbonyl (C=O) groups is 4. The van der Waals surface area contributed by atoms with E-state index in [0.29, 0.717) is 66.9 Å². The number of benzene rings is 1. The Hall–Kier alpha value is -4.47. The molecule has 6 aliphatic rings. The Balaban J connectivity index is 1.14. The summed E-state index contributed by atoms with van der Waals surface area (Å²) in [5, 5.41) is 5.14. The van der Waals surface area contributed by atoms with Gasteiger partial charge in [-0.25, -0.2) is 23.2 Å². The number of hydrogen-bond acceptors (Lipinski definition) is 11. The number of aryl methyl sites for hydroxylation is 1. The van der Waals surface area contributed by atoms with E-state index < -0.39 is 74.3 Å². The van der Waals surface area contributed by atoms with Gasteiger partial charge in [0.1, 0.15) is 40.8 Å². The number of aromatic nitrogens is 2. The average molecular weight is 793 g/mol. The lowest BCUT2D eigenvalue weighted by molar-refractivity contribution is -0.141. The van der Waals surface area contributed by atoms with Crippen LogP contribution in [0, 0.1) is 11.8 Å². The molecule has 0 radical (unpaired) electrons. The van der Waals surface area contributed by atoms with E-state index in [4.69, 9.17) is 24.2 Å². The number of carbonyl (C=O) groups excluding carboxylic acids is 4. The second-order valence-electron chi connectivity index (χ2n) is 16.7. The molecule has 0 unspecified atom stereocenters. The van der Waals surface area contributed by atoms with Crippen LogP contribution in [0.25, 0.3) is 11.0 Å². The minimum absolute atomic E-state index is 0.000206. The average Bonchev–Trinajstić information content (AvgIpc) is 4.11. The van der Waals surface area contributed by atoms with Gasteiger partial charge in [-0.15, -0.1) is 0 Å². The van der Waals surface area contributed by atoms with Gasteiger partial charge in [-0.05, 0) is 83.3 Å². The summed E-state index contributed by atoms with van der Waals surface area (Å²) < 4.78 is 46.0. The highest BCUT2D eigenvalue weighted by Crippen LogP contribution is 2.50. The van der Waals surface area contributed by atoms with E-state index >= 15 is 0 Å². The van der Waals surface area contributed by atoms with E-state index in [0.717, 1.165) is 44.9 Å². The van der Waals surface area contributed by atoms with Gasteiger partial charge >= 0.3 is 6.09 Å². The first-order valence-electron chi connectivity index (χ1n) is 20.2. The Kier molecular flexibility index (Phi) is 10.4. The van der Waals surface area contributed by atoms with E-state index in [1.165, 1.54) is 4.90 Å². The molecule has 1 saturated heterocycles. The third-order valence-corrected chi connectivity index (χ3v) is 14.3. The van der Waals surface area contributed by atoms with Crippen LogP contribution in [0.15, 0.2) is 30.4 Å². The first-order valence-corrected chi connectivity index (χ1v) is 21.8. The highest BCUT2D eigenvalue weighted by atomic mass is 32.2. The number of ether oxygens (including phenoxy) is 3. The van der Waals surface area contributed by atoms with Gasteiger partial charge < -0.3 is 29.7 Å². The molecule has 4 amide bonds. The van der Waals surface area contributed by atoms with Crippen LogP contribution in [0.1, 0.15) is 103 Å². The van der Waals surface area contributed by atoms with E-state index in [-0.39, 0.29) is 25.3 Å². The highest BCUT2D eigenvalue weighted by Gasteiger charge is 2.62.